The number of nitrogens with zero attached hydrogens (tertiary/aromatic N) is 3. The van der Waals surface area contributed by atoms with Gasteiger partial charge in [0.1, 0.15) is 11.9 Å². The van der Waals surface area contributed by atoms with Crippen molar-refractivity contribution in [2.24, 2.45) is 16.5 Å². The van der Waals surface area contributed by atoms with Crippen molar-refractivity contribution in [1.82, 2.24) is 9.80 Å². The average molecular weight is 433 g/mol. The van der Waals surface area contributed by atoms with Gasteiger partial charge in [0.25, 0.3) is 0 Å². The molecule has 2 saturated heterocycles. The fourth-order valence-electron chi connectivity index (χ4n) is 4.18. The van der Waals surface area contributed by atoms with Gasteiger partial charge < -0.3 is 31.7 Å². The maximum absolute atomic E-state index is 14.3. The van der Waals surface area contributed by atoms with Crippen molar-refractivity contribution < 1.29 is 19.1 Å². The highest BCUT2D eigenvalue weighted by molar-refractivity contribution is 5.96. The number of hydrogen-bond donors (Lipinski definition) is 4. The molecule has 31 heavy (non-hydrogen) atoms. The number of para-hydroxylation sites is 1. The number of likely N-dealkylation sites (tertiary alicyclic amines) is 2. The number of hydrogen-bond acceptors (Lipinski definition) is 6. The van der Waals surface area contributed by atoms with E-state index in [4.69, 9.17) is 11.5 Å². The largest absolute Gasteiger partial charge is 0.478 e. The quantitative estimate of drug-likeness (QED) is 0.393. The number of rotatable bonds is 6. The van der Waals surface area contributed by atoms with Crippen LogP contribution in [0.5, 0.6) is 0 Å². The Morgan fingerprint density at radius 1 is 1.23 bits per heavy atom. The second-order valence-electron chi connectivity index (χ2n) is 7.77. The Morgan fingerprint density at radius 2 is 1.94 bits per heavy atom. The maximum atomic E-state index is 14.3. The van der Waals surface area contributed by atoms with Crippen LogP contribution in [0.3, 0.4) is 0 Å². The number of nitrogens with two attached hydrogens (primary N) is 2. The summed E-state index contributed by atoms with van der Waals surface area (Å²) in [6, 6.07) is 5.90. The van der Waals surface area contributed by atoms with Crippen molar-refractivity contribution in [3.63, 3.8) is 0 Å². The minimum Gasteiger partial charge on any atom is -0.478 e. The molecule has 1 aromatic carbocycles. The molecule has 168 valence electrons. The molecule has 0 aliphatic carbocycles. The first-order valence-electron chi connectivity index (χ1n) is 10.4. The fourth-order valence-corrected chi connectivity index (χ4v) is 4.18. The second-order valence-corrected chi connectivity index (χ2v) is 7.77. The molecule has 2 aliphatic rings. The number of piperidine rings is 2. The minimum atomic E-state index is -1.05. The Labute approximate surface area is 180 Å². The number of halogens is 1. The van der Waals surface area contributed by atoms with Gasteiger partial charge in [-0.2, -0.15) is 4.39 Å². The molecule has 1 amide bonds. The summed E-state index contributed by atoms with van der Waals surface area (Å²) in [7, 11) is 1.39. The van der Waals surface area contributed by atoms with Crippen molar-refractivity contribution in [3.8, 4) is 0 Å². The average Bonchev–Trinajstić information content (AvgIpc) is 2.79. The summed E-state index contributed by atoms with van der Waals surface area (Å²) >= 11 is 0. The number of amides is 1. The van der Waals surface area contributed by atoms with Crippen molar-refractivity contribution >= 4 is 23.4 Å². The number of carbonyl (C=O) groups is 2. The summed E-state index contributed by atoms with van der Waals surface area (Å²) in [6.07, 6.45) is 2.93. The lowest BCUT2D eigenvalue weighted by atomic mass is 9.97. The molecule has 2 aliphatic heterocycles. The molecule has 0 saturated carbocycles. The van der Waals surface area contributed by atoms with E-state index in [1.807, 2.05) is 0 Å². The Hall–Kier alpha value is -3.30. The molecule has 10 heteroatoms. The first-order chi connectivity index (χ1) is 14.8. The van der Waals surface area contributed by atoms with E-state index in [-0.39, 0.29) is 29.2 Å². The van der Waals surface area contributed by atoms with Gasteiger partial charge in [0.2, 0.25) is 11.7 Å². The molecule has 2 heterocycles. The van der Waals surface area contributed by atoms with Crippen LogP contribution < -0.4 is 16.8 Å². The number of amidine groups is 1. The zero-order valence-corrected chi connectivity index (χ0v) is 17.6. The number of benzene rings is 1. The SMILES string of the molecule is CN=C(N)C(F)=C(N)N1CCC[C@@H](N2CCCC(Nc3ccccc3C(=O)O)C2=O)C1. The second kappa shape index (κ2) is 9.67. The van der Waals surface area contributed by atoms with E-state index in [1.165, 1.54) is 13.1 Å². The molecule has 0 spiro atoms. The number of anilines is 1. The molecule has 0 radical (unpaired) electrons. The van der Waals surface area contributed by atoms with Crippen LogP contribution >= 0.6 is 0 Å². The number of carboxylic acid groups (broad SMARTS) is 1. The van der Waals surface area contributed by atoms with E-state index in [9.17, 15) is 19.1 Å². The number of carboxylic acids is 1. The summed E-state index contributed by atoms with van der Waals surface area (Å²) < 4.78 is 14.3. The lowest BCUT2D eigenvalue weighted by Crippen LogP contribution is -2.56. The van der Waals surface area contributed by atoms with Crippen LogP contribution in [0.25, 0.3) is 0 Å². The number of aliphatic imine (C=N–C) groups is 1. The molecule has 6 N–H and O–H groups in total. The molecule has 1 unspecified atom stereocenters. The monoisotopic (exact) mass is 432 g/mol. The van der Waals surface area contributed by atoms with E-state index in [0.29, 0.717) is 31.7 Å². The first-order valence-corrected chi connectivity index (χ1v) is 10.4. The predicted molar refractivity (Wildman–Crippen MR) is 116 cm³/mol. The van der Waals surface area contributed by atoms with Crippen LogP contribution in [0, 0.1) is 0 Å². The van der Waals surface area contributed by atoms with Gasteiger partial charge in [-0.1, -0.05) is 12.1 Å². The first kappa shape index (κ1) is 22.4. The molecule has 2 atom stereocenters. The fraction of sp³-hybridized carbons (Fsp3) is 0.476. The summed E-state index contributed by atoms with van der Waals surface area (Å²) in [5, 5.41) is 12.5. The van der Waals surface area contributed by atoms with Crippen LogP contribution in [-0.2, 0) is 4.79 Å². The van der Waals surface area contributed by atoms with Crippen LogP contribution in [0.1, 0.15) is 36.0 Å². The maximum Gasteiger partial charge on any atom is 0.337 e. The number of carbonyl (C=O) groups excluding carboxylic acids is 1. The Balaban J connectivity index is 1.73. The minimum absolute atomic E-state index is 0.0673. The van der Waals surface area contributed by atoms with Gasteiger partial charge in [-0.05, 0) is 37.8 Å². The van der Waals surface area contributed by atoms with Crippen molar-refractivity contribution in [1.29, 1.82) is 0 Å². The molecule has 2 fully saturated rings. The lowest BCUT2D eigenvalue weighted by molar-refractivity contribution is -0.137. The Morgan fingerprint density at radius 3 is 2.65 bits per heavy atom. The van der Waals surface area contributed by atoms with Crippen molar-refractivity contribution in [2.45, 2.75) is 37.8 Å². The topological polar surface area (TPSA) is 137 Å². The third-order valence-corrected chi connectivity index (χ3v) is 5.83. The third kappa shape index (κ3) is 4.89. The van der Waals surface area contributed by atoms with Gasteiger partial charge in [0.05, 0.1) is 5.56 Å². The van der Waals surface area contributed by atoms with E-state index in [0.717, 1.165) is 19.3 Å². The van der Waals surface area contributed by atoms with Crippen LogP contribution in [0.2, 0.25) is 0 Å². The van der Waals surface area contributed by atoms with E-state index >= 15 is 0 Å². The Bertz CT molecular complexity index is 903. The normalized spacial score (nSPS) is 23.4. The zero-order valence-electron chi connectivity index (χ0n) is 17.6. The van der Waals surface area contributed by atoms with Gasteiger partial charge >= 0.3 is 5.97 Å². The van der Waals surface area contributed by atoms with Gasteiger partial charge in [0, 0.05) is 38.4 Å². The summed E-state index contributed by atoms with van der Waals surface area (Å²) in [4.78, 5) is 31.8. The molecular formula is C21H29FN6O3. The summed E-state index contributed by atoms with van der Waals surface area (Å²) in [5.41, 5.74) is 12.1. The smallest absolute Gasteiger partial charge is 0.337 e. The van der Waals surface area contributed by atoms with Gasteiger partial charge in [-0.15, -0.1) is 0 Å². The number of aromatic carboxylic acids is 1. The van der Waals surface area contributed by atoms with E-state index in [1.54, 1.807) is 28.0 Å². The summed E-state index contributed by atoms with van der Waals surface area (Å²) in [5.74, 6) is -2.21. The van der Waals surface area contributed by atoms with Crippen LogP contribution in [0.4, 0.5) is 10.1 Å². The molecule has 9 nitrogen and oxygen atoms in total. The van der Waals surface area contributed by atoms with Crippen LogP contribution in [-0.4, -0.2) is 71.4 Å². The Kier molecular flexibility index (Phi) is 6.98. The predicted octanol–water partition coefficient (Wildman–Crippen LogP) is 1.34. The highest BCUT2D eigenvalue weighted by Crippen LogP contribution is 2.26. The molecule has 1 aromatic rings. The molecule has 3 rings (SSSR count). The molecule has 0 aromatic heterocycles. The van der Waals surface area contributed by atoms with E-state index in [2.05, 4.69) is 10.3 Å². The lowest BCUT2D eigenvalue weighted by Gasteiger charge is -2.43. The van der Waals surface area contributed by atoms with Crippen LogP contribution in [0.15, 0.2) is 40.9 Å². The zero-order chi connectivity index (χ0) is 22.5. The van der Waals surface area contributed by atoms with Crippen molar-refractivity contribution in [3.05, 3.63) is 41.5 Å². The van der Waals surface area contributed by atoms with E-state index < -0.39 is 17.8 Å². The summed E-state index contributed by atoms with van der Waals surface area (Å²) in [6.45, 7) is 1.57. The number of nitrogens with one attached hydrogen (secondary N) is 1. The molecule has 0 bridgehead atoms. The van der Waals surface area contributed by atoms with Gasteiger partial charge in [0.15, 0.2) is 5.84 Å². The standard InChI is InChI=1S/C21H29FN6O3/c1-25-18(23)17(22)19(24)27-10-4-6-13(12-27)28-11-5-9-16(20(28)29)26-15-8-3-2-7-14(15)21(30)31/h2-3,7-8,13,16,26H,4-6,9-12,24H2,1H3,(H2,23,25)(H,30,31)/t13-,16?/m1/s1. The molecular weight excluding hydrogens is 403 g/mol. The highest BCUT2D eigenvalue weighted by Gasteiger charge is 2.36. The third-order valence-electron chi connectivity index (χ3n) is 5.83. The van der Waals surface area contributed by atoms with Crippen molar-refractivity contribution in [2.75, 3.05) is 32.0 Å². The van der Waals surface area contributed by atoms with Gasteiger partial charge in [-0.25, -0.2) is 4.79 Å². The highest BCUT2D eigenvalue weighted by atomic mass is 19.1. The van der Waals surface area contributed by atoms with Gasteiger partial charge in [-0.3, -0.25) is 9.79 Å².